The van der Waals surface area contributed by atoms with E-state index >= 15 is 0 Å². The van der Waals surface area contributed by atoms with E-state index < -0.39 is 0 Å². The standard InChI is InChI=1S/C26H26N2O4/c1-17-27-21-5-3-4-6-22(21)28(17)20-10-7-18(8-11-20)16-31-26-14-13-24(32-26)19-9-12-25(30-2)23(29)15-19/h3-12,15,24,26,29H,13-14,16H2,1-2H3. The van der Waals surface area contributed by atoms with E-state index in [1.165, 1.54) is 7.11 Å². The molecule has 1 saturated heterocycles. The number of imidazole rings is 1. The van der Waals surface area contributed by atoms with Gasteiger partial charge in [-0.2, -0.15) is 0 Å². The molecule has 1 fully saturated rings. The SMILES string of the molecule is COc1ccc(C2CCC(OCc3ccc(-n4c(C)nc5ccccc54)cc3)O2)cc1O. The molecule has 2 heterocycles. The normalized spacial score (nSPS) is 18.3. The minimum atomic E-state index is -0.260. The third kappa shape index (κ3) is 3.95. The molecule has 3 aromatic carbocycles. The van der Waals surface area contributed by atoms with Crippen molar-refractivity contribution in [2.24, 2.45) is 0 Å². The Morgan fingerprint density at radius 1 is 1.06 bits per heavy atom. The van der Waals surface area contributed by atoms with Gasteiger partial charge in [0.15, 0.2) is 17.8 Å². The Kier molecular flexibility index (Phi) is 5.55. The summed E-state index contributed by atoms with van der Waals surface area (Å²) < 4.78 is 19.3. The summed E-state index contributed by atoms with van der Waals surface area (Å²) in [7, 11) is 1.54. The molecule has 1 aliphatic rings. The largest absolute Gasteiger partial charge is 0.504 e. The van der Waals surface area contributed by atoms with Crippen molar-refractivity contribution >= 4 is 11.0 Å². The van der Waals surface area contributed by atoms with Crippen molar-refractivity contribution in [3.8, 4) is 17.2 Å². The molecular weight excluding hydrogens is 404 g/mol. The van der Waals surface area contributed by atoms with Crippen LogP contribution in [0.15, 0.2) is 66.7 Å². The first kappa shape index (κ1) is 20.5. The molecule has 2 atom stereocenters. The van der Waals surface area contributed by atoms with E-state index in [1.54, 1.807) is 12.1 Å². The molecule has 1 aromatic heterocycles. The first-order valence-corrected chi connectivity index (χ1v) is 10.8. The van der Waals surface area contributed by atoms with Crippen LogP contribution in [-0.2, 0) is 16.1 Å². The molecule has 0 saturated carbocycles. The van der Waals surface area contributed by atoms with Gasteiger partial charge in [0.05, 0.1) is 30.9 Å². The molecule has 5 rings (SSSR count). The highest BCUT2D eigenvalue weighted by atomic mass is 16.7. The van der Waals surface area contributed by atoms with E-state index in [-0.39, 0.29) is 18.1 Å². The fourth-order valence-corrected chi connectivity index (χ4v) is 4.28. The van der Waals surface area contributed by atoms with Gasteiger partial charge in [0, 0.05) is 12.1 Å². The number of rotatable bonds is 6. The summed E-state index contributed by atoms with van der Waals surface area (Å²) in [6.07, 6.45) is 1.32. The second-order valence-electron chi connectivity index (χ2n) is 8.02. The quantitative estimate of drug-likeness (QED) is 0.441. The average molecular weight is 431 g/mol. The van der Waals surface area contributed by atoms with Gasteiger partial charge in [-0.15, -0.1) is 0 Å². The first-order chi connectivity index (χ1) is 15.6. The highest BCUT2D eigenvalue weighted by Crippen LogP contribution is 2.37. The summed E-state index contributed by atoms with van der Waals surface area (Å²) in [5.74, 6) is 1.55. The summed E-state index contributed by atoms with van der Waals surface area (Å²) in [6, 6.07) is 21.9. The predicted octanol–water partition coefficient (Wildman–Crippen LogP) is 5.44. The molecule has 0 bridgehead atoms. The summed E-state index contributed by atoms with van der Waals surface area (Å²) in [4.78, 5) is 4.65. The number of benzene rings is 3. The zero-order chi connectivity index (χ0) is 22.1. The molecule has 164 valence electrons. The summed E-state index contributed by atoms with van der Waals surface area (Å²) in [6.45, 7) is 2.50. The van der Waals surface area contributed by atoms with Crippen molar-refractivity contribution in [1.82, 2.24) is 9.55 Å². The molecule has 6 nitrogen and oxygen atoms in total. The molecule has 1 N–H and O–H groups in total. The van der Waals surface area contributed by atoms with Gasteiger partial charge >= 0.3 is 0 Å². The van der Waals surface area contributed by atoms with Gasteiger partial charge in [0.25, 0.3) is 0 Å². The average Bonchev–Trinajstić information content (AvgIpc) is 3.42. The van der Waals surface area contributed by atoms with Crippen LogP contribution in [0.2, 0.25) is 0 Å². The molecule has 32 heavy (non-hydrogen) atoms. The number of hydrogen-bond acceptors (Lipinski definition) is 5. The highest BCUT2D eigenvalue weighted by Gasteiger charge is 2.27. The van der Waals surface area contributed by atoms with Crippen molar-refractivity contribution in [2.45, 2.75) is 38.8 Å². The Hall–Kier alpha value is -3.35. The molecule has 0 radical (unpaired) electrons. The number of fused-ring (bicyclic) bond motifs is 1. The van der Waals surface area contributed by atoms with E-state index in [0.29, 0.717) is 12.4 Å². The van der Waals surface area contributed by atoms with Crippen LogP contribution in [0, 0.1) is 6.92 Å². The lowest BCUT2D eigenvalue weighted by Crippen LogP contribution is -2.11. The molecule has 1 aliphatic heterocycles. The van der Waals surface area contributed by atoms with Crippen LogP contribution in [-0.4, -0.2) is 28.1 Å². The number of phenols is 1. The minimum Gasteiger partial charge on any atom is -0.504 e. The van der Waals surface area contributed by atoms with Gasteiger partial charge in [-0.3, -0.25) is 4.57 Å². The zero-order valence-corrected chi connectivity index (χ0v) is 18.2. The number of ether oxygens (including phenoxy) is 3. The Morgan fingerprint density at radius 3 is 2.66 bits per heavy atom. The van der Waals surface area contributed by atoms with Gasteiger partial charge in [-0.1, -0.05) is 30.3 Å². The van der Waals surface area contributed by atoms with Crippen LogP contribution in [0.1, 0.15) is 35.9 Å². The predicted molar refractivity (Wildman–Crippen MR) is 122 cm³/mol. The monoisotopic (exact) mass is 430 g/mol. The lowest BCUT2D eigenvalue weighted by Gasteiger charge is -2.16. The smallest absolute Gasteiger partial charge is 0.160 e. The van der Waals surface area contributed by atoms with Crippen molar-refractivity contribution in [3.63, 3.8) is 0 Å². The van der Waals surface area contributed by atoms with Crippen LogP contribution in [0.25, 0.3) is 16.7 Å². The first-order valence-electron chi connectivity index (χ1n) is 10.8. The Balaban J connectivity index is 1.22. The van der Waals surface area contributed by atoms with E-state index in [1.807, 2.05) is 31.2 Å². The number of hydrogen-bond donors (Lipinski definition) is 1. The van der Waals surface area contributed by atoms with Gasteiger partial charge in [0.1, 0.15) is 5.82 Å². The summed E-state index contributed by atoms with van der Waals surface area (Å²) in [5.41, 5.74) is 5.20. The Labute approximate surface area is 187 Å². The molecule has 4 aromatic rings. The van der Waals surface area contributed by atoms with Crippen LogP contribution < -0.4 is 4.74 Å². The van der Waals surface area contributed by atoms with Gasteiger partial charge in [0.2, 0.25) is 0 Å². The van der Waals surface area contributed by atoms with Crippen LogP contribution >= 0.6 is 0 Å². The highest BCUT2D eigenvalue weighted by molar-refractivity contribution is 5.78. The van der Waals surface area contributed by atoms with Crippen molar-refractivity contribution < 1.29 is 19.3 Å². The number of aryl methyl sites for hydroxylation is 1. The van der Waals surface area contributed by atoms with Gasteiger partial charge < -0.3 is 19.3 Å². The van der Waals surface area contributed by atoms with E-state index in [0.717, 1.165) is 46.5 Å². The Morgan fingerprint density at radius 2 is 1.88 bits per heavy atom. The van der Waals surface area contributed by atoms with Crippen molar-refractivity contribution in [1.29, 1.82) is 0 Å². The maximum absolute atomic E-state index is 10.0. The zero-order valence-electron chi connectivity index (χ0n) is 18.2. The lowest BCUT2D eigenvalue weighted by atomic mass is 10.1. The molecular formula is C26H26N2O4. The number of para-hydroxylation sites is 2. The van der Waals surface area contributed by atoms with Crippen molar-refractivity contribution in [3.05, 3.63) is 83.7 Å². The maximum atomic E-state index is 10.0. The Bertz CT molecular complexity index is 1230. The van der Waals surface area contributed by atoms with E-state index in [4.69, 9.17) is 14.2 Å². The fraction of sp³-hybridized carbons (Fsp3) is 0.269. The number of phenolic OH excluding ortho intramolecular Hbond substituents is 1. The van der Waals surface area contributed by atoms with Crippen molar-refractivity contribution in [2.75, 3.05) is 7.11 Å². The number of nitrogens with zero attached hydrogens (tertiary/aromatic N) is 2. The second-order valence-corrected chi connectivity index (χ2v) is 8.02. The molecule has 0 amide bonds. The molecule has 2 unspecified atom stereocenters. The van der Waals surface area contributed by atoms with E-state index in [2.05, 4.69) is 39.9 Å². The number of methoxy groups -OCH3 is 1. The lowest BCUT2D eigenvalue weighted by molar-refractivity contribution is -0.141. The van der Waals surface area contributed by atoms with E-state index in [9.17, 15) is 5.11 Å². The number of aromatic nitrogens is 2. The van der Waals surface area contributed by atoms with Crippen LogP contribution in [0.5, 0.6) is 11.5 Å². The maximum Gasteiger partial charge on any atom is 0.160 e. The fourth-order valence-electron chi connectivity index (χ4n) is 4.28. The third-order valence-electron chi connectivity index (χ3n) is 5.91. The topological polar surface area (TPSA) is 65.7 Å². The van der Waals surface area contributed by atoms with Gasteiger partial charge in [-0.05, 0) is 60.9 Å². The minimum absolute atomic E-state index is 0.0864. The second kappa shape index (κ2) is 8.65. The summed E-state index contributed by atoms with van der Waals surface area (Å²) >= 11 is 0. The third-order valence-corrected chi connectivity index (χ3v) is 5.91. The molecule has 0 spiro atoms. The van der Waals surface area contributed by atoms with Gasteiger partial charge in [-0.25, -0.2) is 4.98 Å². The summed E-state index contributed by atoms with van der Waals surface area (Å²) in [5, 5.41) is 10.0. The van der Waals surface area contributed by atoms with Crippen LogP contribution in [0.4, 0.5) is 0 Å². The number of aromatic hydroxyl groups is 1. The molecule has 0 aliphatic carbocycles. The van der Waals surface area contributed by atoms with Crippen LogP contribution in [0.3, 0.4) is 0 Å². The molecule has 6 heteroatoms.